The van der Waals surface area contributed by atoms with Gasteiger partial charge >= 0.3 is 0 Å². The Morgan fingerprint density at radius 3 is 2.37 bits per heavy atom. The van der Waals surface area contributed by atoms with E-state index < -0.39 is 16.4 Å². The van der Waals surface area contributed by atoms with Crippen LogP contribution < -0.4 is 15.4 Å². The van der Waals surface area contributed by atoms with Gasteiger partial charge in [0, 0.05) is 22.9 Å². The Morgan fingerprint density at radius 2 is 1.78 bits per heavy atom. The maximum atomic E-state index is 12.5. The molecule has 0 atom stereocenters. The molecule has 0 aromatic heterocycles. The lowest BCUT2D eigenvalue weighted by molar-refractivity contribution is -0.385. The lowest BCUT2D eigenvalue weighted by Gasteiger charge is -2.20. The summed E-state index contributed by atoms with van der Waals surface area (Å²) in [5, 5.41) is 16.6. The van der Waals surface area contributed by atoms with Crippen molar-refractivity contribution < 1.29 is 19.2 Å². The van der Waals surface area contributed by atoms with E-state index in [1.165, 1.54) is 31.4 Å². The van der Waals surface area contributed by atoms with Gasteiger partial charge in [0.05, 0.1) is 12.0 Å². The normalized spacial score (nSPS) is 10.8. The first-order chi connectivity index (χ1) is 12.6. The highest BCUT2D eigenvalue weighted by atomic mass is 16.6. The van der Waals surface area contributed by atoms with Gasteiger partial charge in [-0.1, -0.05) is 6.07 Å². The van der Waals surface area contributed by atoms with Crippen LogP contribution in [0.25, 0.3) is 0 Å². The zero-order valence-corrected chi connectivity index (χ0v) is 15.5. The molecule has 0 spiro atoms. The minimum Gasteiger partial charge on any atom is -0.497 e. The predicted octanol–water partition coefficient (Wildman–Crippen LogP) is 3.38. The number of carbonyl (C=O) groups excluding carboxylic acids is 2. The first-order valence-electron chi connectivity index (χ1n) is 8.17. The molecule has 0 unspecified atom stereocenters. The summed E-state index contributed by atoms with van der Waals surface area (Å²) in [4.78, 5) is 35.4. The van der Waals surface area contributed by atoms with Crippen LogP contribution in [0.4, 0.5) is 11.4 Å². The number of hydrogen-bond acceptors (Lipinski definition) is 5. The predicted molar refractivity (Wildman–Crippen MR) is 101 cm³/mol. The molecular weight excluding hydrogens is 350 g/mol. The summed E-state index contributed by atoms with van der Waals surface area (Å²) in [6, 6.07) is 10.2. The number of anilines is 1. The van der Waals surface area contributed by atoms with Crippen LogP contribution in [0.2, 0.25) is 0 Å². The molecule has 8 heteroatoms. The van der Waals surface area contributed by atoms with Gasteiger partial charge in [-0.2, -0.15) is 0 Å². The van der Waals surface area contributed by atoms with E-state index in [-0.39, 0.29) is 17.2 Å². The molecule has 27 heavy (non-hydrogen) atoms. The Kier molecular flexibility index (Phi) is 5.79. The molecule has 0 heterocycles. The third kappa shape index (κ3) is 5.27. The topological polar surface area (TPSA) is 111 Å². The van der Waals surface area contributed by atoms with E-state index in [4.69, 9.17) is 4.74 Å². The molecule has 142 valence electrons. The third-order valence-electron chi connectivity index (χ3n) is 3.52. The molecule has 0 radical (unpaired) electrons. The number of hydrogen-bond donors (Lipinski definition) is 2. The van der Waals surface area contributed by atoms with E-state index in [1.807, 2.05) is 20.8 Å². The van der Waals surface area contributed by atoms with Gasteiger partial charge in [-0.3, -0.25) is 19.7 Å². The molecule has 0 aliphatic heterocycles. The molecule has 2 N–H and O–H groups in total. The highest BCUT2D eigenvalue weighted by Crippen LogP contribution is 2.25. The van der Waals surface area contributed by atoms with E-state index in [1.54, 1.807) is 18.2 Å². The third-order valence-corrected chi connectivity index (χ3v) is 3.52. The average molecular weight is 371 g/mol. The second kappa shape index (κ2) is 7.86. The first-order valence-corrected chi connectivity index (χ1v) is 8.17. The zero-order chi connectivity index (χ0) is 20.2. The number of methoxy groups -OCH3 is 1. The average Bonchev–Trinajstić information content (AvgIpc) is 2.59. The van der Waals surface area contributed by atoms with E-state index in [0.29, 0.717) is 17.0 Å². The van der Waals surface area contributed by atoms with Gasteiger partial charge in [-0.05, 0) is 51.1 Å². The molecular formula is C19H21N3O5. The van der Waals surface area contributed by atoms with Gasteiger partial charge in [0.2, 0.25) is 0 Å². The number of carbonyl (C=O) groups is 2. The number of ether oxygens (including phenoxy) is 1. The summed E-state index contributed by atoms with van der Waals surface area (Å²) in [6.45, 7) is 5.58. The molecule has 2 rings (SSSR count). The van der Waals surface area contributed by atoms with Crippen LogP contribution in [0, 0.1) is 10.1 Å². The molecule has 2 aromatic carbocycles. The first kappa shape index (κ1) is 19.9. The quantitative estimate of drug-likeness (QED) is 0.618. The molecule has 0 bridgehead atoms. The van der Waals surface area contributed by atoms with E-state index in [0.717, 1.165) is 0 Å². The molecule has 0 aliphatic carbocycles. The summed E-state index contributed by atoms with van der Waals surface area (Å²) in [5.41, 5.74) is -0.169. The van der Waals surface area contributed by atoms with Gasteiger partial charge < -0.3 is 15.4 Å². The van der Waals surface area contributed by atoms with Crippen LogP contribution in [0.15, 0.2) is 42.5 Å². The lowest BCUT2D eigenvalue weighted by Crippen LogP contribution is -2.40. The SMILES string of the molecule is COc1ccc([N+](=O)[O-])c(C(=O)Nc2cccc(C(=O)NC(C)(C)C)c2)c1. The molecule has 2 amide bonds. The Labute approximate surface area is 156 Å². The van der Waals surface area contributed by atoms with Crippen molar-refractivity contribution in [1.29, 1.82) is 0 Å². The largest absolute Gasteiger partial charge is 0.497 e. The molecule has 0 saturated heterocycles. The van der Waals surface area contributed by atoms with Crippen molar-refractivity contribution in [3.63, 3.8) is 0 Å². The second-order valence-corrected chi connectivity index (χ2v) is 6.88. The van der Waals surface area contributed by atoms with Gasteiger partial charge in [-0.15, -0.1) is 0 Å². The van der Waals surface area contributed by atoms with Crippen LogP contribution in [-0.4, -0.2) is 29.4 Å². The Bertz CT molecular complexity index is 887. The van der Waals surface area contributed by atoms with Gasteiger partial charge in [0.1, 0.15) is 11.3 Å². The highest BCUT2D eigenvalue weighted by molar-refractivity contribution is 6.08. The van der Waals surface area contributed by atoms with Crippen LogP contribution in [-0.2, 0) is 0 Å². The Morgan fingerprint density at radius 1 is 1.07 bits per heavy atom. The number of nitro benzene ring substituents is 1. The molecule has 8 nitrogen and oxygen atoms in total. The van der Waals surface area contributed by atoms with Gasteiger partial charge in [0.15, 0.2) is 0 Å². The van der Waals surface area contributed by atoms with Gasteiger partial charge in [-0.25, -0.2) is 0 Å². The molecule has 0 aliphatic rings. The molecule has 2 aromatic rings. The standard InChI is InChI=1S/C19H21N3O5/c1-19(2,3)21-17(23)12-6-5-7-13(10-12)20-18(24)15-11-14(27-4)8-9-16(15)22(25)26/h5-11H,1-4H3,(H,20,24)(H,21,23). The highest BCUT2D eigenvalue weighted by Gasteiger charge is 2.22. The fourth-order valence-corrected chi connectivity index (χ4v) is 2.33. The van der Waals surface area contributed by atoms with Crippen molar-refractivity contribution >= 4 is 23.2 Å². The summed E-state index contributed by atoms with van der Waals surface area (Å²) in [6.07, 6.45) is 0. The number of rotatable bonds is 5. The minimum absolute atomic E-state index is 0.135. The smallest absolute Gasteiger partial charge is 0.282 e. The van der Waals surface area contributed by atoms with Crippen molar-refractivity contribution in [3.05, 3.63) is 63.7 Å². The van der Waals surface area contributed by atoms with E-state index >= 15 is 0 Å². The minimum atomic E-state index is -0.672. The van der Waals surface area contributed by atoms with E-state index in [2.05, 4.69) is 10.6 Å². The van der Waals surface area contributed by atoms with Crippen molar-refractivity contribution in [2.45, 2.75) is 26.3 Å². The Hall–Kier alpha value is -3.42. The second-order valence-electron chi connectivity index (χ2n) is 6.88. The number of nitrogens with one attached hydrogen (secondary N) is 2. The molecule has 0 fully saturated rings. The van der Waals surface area contributed by atoms with Crippen molar-refractivity contribution in [2.24, 2.45) is 0 Å². The van der Waals surface area contributed by atoms with Crippen molar-refractivity contribution in [1.82, 2.24) is 5.32 Å². The van der Waals surface area contributed by atoms with Crippen LogP contribution in [0.1, 0.15) is 41.5 Å². The van der Waals surface area contributed by atoms with E-state index in [9.17, 15) is 19.7 Å². The van der Waals surface area contributed by atoms with Crippen molar-refractivity contribution in [2.75, 3.05) is 12.4 Å². The summed E-state index contributed by atoms with van der Waals surface area (Å²) in [5.74, 6) is -0.635. The van der Waals surface area contributed by atoms with Crippen LogP contribution in [0.3, 0.4) is 0 Å². The Balaban J connectivity index is 2.28. The fraction of sp³-hybridized carbons (Fsp3) is 0.263. The number of amides is 2. The maximum Gasteiger partial charge on any atom is 0.282 e. The number of benzene rings is 2. The summed E-state index contributed by atoms with van der Waals surface area (Å²) < 4.78 is 5.03. The zero-order valence-electron chi connectivity index (χ0n) is 15.5. The monoisotopic (exact) mass is 371 g/mol. The number of nitro groups is 1. The molecule has 0 saturated carbocycles. The van der Waals surface area contributed by atoms with Crippen LogP contribution >= 0.6 is 0 Å². The summed E-state index contributed by atoms with van der Waals surface area (Å²) >= 11 is 0. The van der Waals surface area contributed by atoms with Crippen molar-refractivity contribution in [3.8, 4) is 5.75 Å². The fourth-order valence-electron chi connectivity index (χ4n) is 2.33. The summed E-state index contributed by atoms with van der Waals surface area (Å²) in [7, 11) is 1.40. The lowest BCUT2D eigenvalue weighted by atomic mass is 10.1. The maximum absolute atomic E-state index is 12.5. The number of nitrogens with zero attached hydrogens (tertiary/aromatic N) is 1. The van der Waals surface area contributed by atoms with Gasteiger partial charge in [0.25, 0.3) is 17.5 Å². The van der Waals surface area contributed by atoms with Crippen LogP contribution in [0.5, 0.6) is 5.75 Å².